The monoisotopic (exact) mass is 345 g/mol. The van der Waals surface area contributed by atoms with Gasteiger partial charge < -0.3 is 15.7 Å². The van der Waals surface area contributed by atoms with Crippen LogP contribution in [-0.2, 0) is 9.84 Å². The molecule has 1 saturated carbocycles. The van der Waals surface area contributed by atoms with Crippen LogP contribution < -0.4 is 5.73 Å². The van der Waals surface area contributed by atoms with Crippen LogP contribution in [0.1, 0.15) is 33.5 Å². The standard InChI is InChI=1S/C15H21ClN2O3S/c16-12-4-5-13(17)14(19)15(12)22(20,21)11-6-8-18(9-7-11)10-2-1-3-10/h4-5,10-11,19H,1-3,6-9,17H2/i11D. The Morgan fingerprint density at radius 2 is 1.91 bits per heavy atom. The lowest BCUT2D eigenvalue weighted by molar-refractivity contribution is 0.106. The van der Waals surface area contributed by atoms with Crippen LogP contribution in [0.4, 0.5) is 5.69 Å². The second-order valence-electron chi connectivity index (χ2n) is 5.98. The summed E-state index contributed by atoms with van der Waals surface area (Å²) in [5.74, 6) is -0.550. The van der Waals surface area contributed by atoms with Gasteiger partial charge >= 0.3 is 0 Å². The fraction of sp³-hybridized carbons (Fsp3) is 0.600. The average molecular weight is 346 g/mol. The molecule has 0 spiro atoms. The maximum atomic E-state index is 13.0. The number of aromatic hydroxyl groups is 1. The SMILES string of the molecule is [2H]C1(S(=O)(=O)c2c(Cl)ccc(N)c2O)CCN(C2CCC2)CC1. The van der Waals surface area contributed by atoms with Gasteiger partial charge in [0.2, 0.25) is 0 Å². The number of hydrogen-bond donors (Lipinski definition) is 2. The number of nitrogen functional groups attached to an aromatic ring is 1. The molecule has 0 atom stereocenters. The van der Waals surface area contributed by atoms with Crippen molar-refractivity contribution in [2.75, 3.05) is 18.8 Å². The van der Waals surface area contributed by atoms with E-state index in [0.29, 0.717) is 19.1 Å². The van der Waals surface area contributed by atoms with Gasteiger partial charge in [0, 0.05) is 7.41 Å². The molecule has 22 heavy (non-hydrogen) atoms. The molecule has 1 aliphatic carbocycles. The molecule has 0 amide bonds. The summed E-state index contributed by atoms with van der Waals surface area (Å²) in [7, 11) is -4.11. The van der Waals surface area contributed by atoms with Gasteiger partial charge in [-0.15, -0.1) is 0 Å². The first-order chi connectivity index (χ1) is 10.8. The maximum absolute atomic E-state index is 13.0. The maximum Gasteiger partial charge on any atom is 0.186 e. The summed E-state index contributed by atoms with van der Waals surface area (Å²) in [6, 6.07) is 3.23. The summed E-state index contributed by atoms with van der Waals surface area (Å²) in [5.41, 5.74) is 5.55. The van der Waals surface area contributed by atoms with Crippen LogP contribution in [0.15, 0.2) is 17.0 Å². The number of halogens is 1. The third-order valence-electron chi connectivity index (χ3n) is 4.71. The largest absolute Gasteiger partial charge is 0.504 e. The quantitative estimate of drug-likeness (QED) is 0.649. The Morgan fingerprint density at radius 3 is 2.45 bits per heavy atom. The number of phenols is 1. The molecule has 0 bridgehead atoms. The fourth-order valence-corrected chi connectivity index (χ4v) is 5.28. The Morgan fingerprint density at radius 1 is 1.27 bits per heavy atom. The number of rotatable bonds is 3. The molecule has 7 heteroatoms. The van der Waals surface area contributed by atoms with Crippen LogP contribution >= 0.6 is 11.6 Å². The number of likely N-dealkylation sites (tertiary alicyclic amines) is 1. The van der Waals surface area contributed by atoms with Crippen molar-refractivity contribution in [1.29, 1.82) is 0 Å². The minimum atomic E-state index is -4.11. The molecule has 1 heterocycles. The van der Waals surface area contributed by atoms with Crippen molar-refractivity contribution >= 4 is 27.1 Å². The van der Waals surface area contributed by atoms with Gasteiger partial charge in [-0.25, -0.2) is 8.42 Å². The van der Waals surface area contributed by atoms with E-state index in [4.69, 9.17) is 18.7 Å². The molecule has 3 N–H and O–H groups in total. The number of nitrogens with two attached hydrogens (primary N) is 1. The second-order valence-corrected chi connectivity index (χ2v) is 8.38. The number of hydrogen-bond acceptors (Lipinski definition) is 5. The van der Waals surface area contributed by atoms with Gasteiger partial charge in [0.1, 0.15) is 4.90 Å². The molecule has 2 aliphatic rings. The highest BCUT2D eigenvalue weighted by Crippen LogP contribution is 2.39. The summed E-state index contributed by atoms with van der Waals surface area (Å²) in [6.45, 7) is 1.15. The van der Waals surface area contributed by atoms with Gasteiger partial charge in [0.15, 0.2) is 15.6 Å². The lowest BCUT2D eigenvalue weighted by Crippen LogP contribution is -2.47. The average Bonchev–Trinajstić information content (AvgIpc) is 2.44. The highest BCUT2D eigenvalue weighted by atomic mass is 35.5. The van der Waals surface area contributed by atoms with Gasteiger partial charge in [-0.2, -0.15) is 0 Å². The summed E-state index contributed by atoms with van der Waals surface area (Å²) < 4.78 is 34.4. The molecule has 1 saturated heterocycles. The van der Waals surface area contributed by atoms with Gasteiger partial charge in [0.05, 0.1) is 15.9 Å². The zero-order valence-electron chi connectivity index (χ0n) is 13.3. The number of phenolic OH excluding ortho intramolecular Hbond substituents is 1. The van der Waals surface area contributed by atoms with Gasteiger partial charge in [0.25, 0.3) is 0 Å². The predicted octanol–water partition coefficient (Wildman–Crippen LogP) is 2.42. The van der Waals surface area contributed by atoms with Crippen molar-refractivity contribution < 1.29 is 14.9 Å². The molecule has 1 aromatic carbocycles. The smallest absolute Gasteiger partial charge is 0.186 e. The molecule has 0 radical (unpaired) electrons. The summed E-state index contributed by atoms with van der Waals surface area (Å²) in [5, 5.41) is 8.29. The summed E-state index contributed by atoms with van der Waals surface area (Å²) >= 11 is 5.99. The second kappa shape index (κ2) is 5.91. The van der Waals surface area contributed by atoms with E-state index in [-0.39, 0.29) is 23.6 Å². The molecular formula is C15H21ClN2O3S. The highest BCUT2D eigenvalue weighted by molar-refractivity contribution is 7.92. The number of piperidine rings is 1. The minimum Gasteiger partial charge on any atom is -0.504 e. The predicted molar refractivity (Wildman–Crippen MR) is 86.9 cm³/mol. The zero-order chi connectivity index (χ0) is 16.8. The van der Waals surface area contributed by atoms with E-state index >= 15 is 0 Å². The molecular weight excluding hydrogens is 324 g/mol. The molecule has 5 nitrogen and oxygen atoms in total. The lowest BCUT2D eigenvalue weighted by atomic mass is 9.90. The van der Waals surface area contributed by atoms with Crippen molar-refractivity contribution in [2.45, 2.75) is 48.3 Å². The number of benzene rings is 1. The summed E-state index contributed by atoms with van der Waals surface area (Å²) in [4.78, 5) is 1.86. The van der Waals surface area contributed by atoms with Crippen molar-refractivity contribution in [3.8, 4) is 5.75 Å². The van der Waals surface area contributed by atoms with Crippen molar-refractivity contribution in [1.82, 2.24) is 4.90 Å². The molecule has 1 aromatic rings. The first-order valence-electron chi connectivity index (χ1n) is 8.02. The van der Waals surface area contributed by atoms with E-state index < -0.39 is 25.7 Å². The Labute approximate surface area is 137 Å². The molecule has 3 rings (SSSR count). The van der Waals surface area contributed by atoms with Crippen LogP contribution in [0.3, 0.4) is 0 Å². The lowest BCUT2D eigenvalue weighted by Gasteiger charge is -2.41. The molecule has 2 fully saturated rings. The van der Waals surface area contributed by atoms with Crippen LogP contribution in [0.25, 0.3) is 0 Å². The topological polar surface area (TPSA) is 83.6 Å². The zero-order valence-corrected chi connectivity index (χ0v) is 13.8. The first kappa shape index (κ1) is 14.6. The third-order valence-corrected chi connectivity index (χ3v) is 7.26. The Bertz CT molecular complexity index is 714. The molecule has 122 valence electrons. The van der Waals surface area contributed by atoms with Crippen LogP contribution in [-0.4, -0.2) is 42.8 Å². The Balaban J connectivity index is 1.89. The van der Waals surface area contributed by atoms with E-state index in [1.165, 1.54) is 18.6 Å². The number of nitrogens with zero attached hydrogens (tertiary/aromatic N) is 1. The minimum absolute atomic E-state index is 0.0523. The molecule has 0 unspecified atom stereocenters. The van der Waals surface area contributed by atoms with Crippen molar-refractivity contribution in [2.24, 2.45) is 0 Å². The van der Waals surface area contributed by atoms with Gasteiger partial charge in [-0.1, -0.05) is 18.0 Å². The van der Waals surface area contributed by atoms with E-state index in [2.05, 4.69) is 4.90 Å². The third kappa shape index (κ3) is 2.68. The van der Waals surface area contributed by atoms with Gasteiger partial charge in [-0.3, -0.25) is 0 Å². The molecule has 1 aliphatic heterocycles. The van der Waals surface area contributed by atoms with E-state index in [0.717, 1.165) is 12.8 Å². The van der Waals surface area contributed by atoms with E-state index in [1.807, 2.05) is 0 Å². The summed E-state index contributed by atoms with van der Waals surface area (Å²) in [6.07, 6.45) is 3.93. The fourth-order valence-electron chi connectivity index (χ4n) is 3.12. The number of sulfone groups is 1. The van der Waals surface area contributed by atoms with Crippen LogP contribution in [0.5, 0.6) is 5.75 Å². The first-order valence-corrected chi connectivity index (χ1v) is 9.38. The van der Waals surface area contributed by atoms with Crippen LogP contribution in [0.2, 0.25) is 5.02 Å². The van der Waals surface area contributed by atoms with Crippen molar-refractivity contribution in [3.05, 3.63) is 17.2 Å². The highest BCUT2D eigenvalue weighted by Gasteiger charge is 2.37. The normalized spacial score (nSPS) is 23.8. The molecule has 0 aromatic heterocycles. The Hall–Kier alpha value is -0.980. The number of anilines is 1. The van der Waals surface area contributed by atoms with E-state index in [1.54, 1.807) is 0 Å². The van der Waals surface area contributed by atoms with E-state index in [9.17, 15) is 13.5 Å². The Kier molecular flexibility index (Phi) is 3.92. The van der Waals surface area contributed by atoms with Gasteiger partial charge in [-0.05, 0) is 50.9 Å². The van der Waals surface area contributed by atoms with Crippen molar-refractivity contribution in [3.63, 3.8) is 0 Å². The van der Waals surface area contributed by atoms with Crippen LogP contribution in [0, 0.1) is 0 Å².